The molecule has 0 bridgehead atoms. The van der Waals surface area contributed by atoms with E-state index in [-0.39, 0.29) is 17.2 Å². The molecule has 0 aliphatic carbocycles. The molecule has 0 spiro atoms. The molecule has 8 heteroatoms. The molecule has 0 aromatic heterocycles. The topological polar surface area (TPSA) is 82.1 Å². The quantitative estimate of drug-likeness (QED) is 0.614. The zero-order valence-electron chi connectivity index (χ0n) is 16.7. The second-order valence-electron chi connectivity index (χ2n) is 7.49. The molecule has 7 nitrogen and oxygen atoms in total. The van der Waals surface area contributed by atoms with E-state index in [0.29, 0.717) is 32.8 Å². The van der Waals surface area contributed by atoms with Crippen LogP contribution in [0.5, 0.6) is 0 Å². The number of nitrogens with one attached hydrogen (secondary N) is 1. The fourth-order valence-corrected chi connectivity index (χ4v) is 5.44. The van der Waals surface area contributed by atoms with Crippen LogP contribution in [0.4, 0.5) is 10.5 Å². The molecule has 30 heavy (non-hydrogen) atoms. The van der Waals surface area contributed by atoms with Crippen molar-refractivity contribution in [2.24, 2.45) is 0 Å². The third kappa shape index (κ3) is 5.29. The number of aliphatic hydroxyl groups is 1. The van der Waals surface area contributed by atoms with E-state index in [4.69, 9.17) is 4.74 Å². The number of urea groups is 1. The normalized spacial score (nSPS) is 16.8. The Bertz CT molecular complexity index is 913. The van der Waals surface area contributed by atoms with Crippen LogP contribution in [0.2, 0.25) is 0 Å². The van der Waals surface area contributed by atoms with E-state index in [1.54, 1.807) is 4.90 Å². The summed E-state index contributed by atoms with van der Waals surface area (Å²) in [6.45, 7) is 4.63. The van der Waals surface area contributed by atoms with E-state index in [0.717, 1.165) is 39.8 Å². The first-order valence-corrected chi connectivity index (χ1v) is 11.9. The average molecular weight is 470 g/mol. The molecular weight excluding hydrogens is 445 g/mol. The number of nitrogens with zero attached hydrogens (tertiary/aromatic N) is 2. The van der Waals surface area contributed by atoms with Crippen molar-refractivity contribution in [2.45, 2.75) is 19.7 Å². The van der Waals surface area contributed by atoms with Crippen LogP contribution in [-0.2, 0) is 29.2 Å². The fraction of sp³-hybridized carbons (Fsp3) is 0.364. The van der Waals surface area contributed by atoms with E-state index in [1.165, 1.54) is 0 Å². The van der Waals surface area contributed by atoms with Crippen LogP contribution in [0.25, 0.3) is 0 Å². The number of fused-ring (bicyclic) bond motifs is 1. The van der Waals surface area contributed by atoms with Gasteiger partial charge in [-0.2, -0.15) is 0 Å². The summed E-state index contributed by atoms with van der Waals surface area (Å²) in [4.78, 5) is 28.9. The Morgan fingerprint density at radius 3 is 2.50 bits per heavy atom. The van der Waals surface area contributed by atoms with E-state index in [1.807, 2.05) is 42.5 Å². The summed E-state index contributed by atoms with van der Waals surface area (Å²) in [6, 6.07) is 13.2. The Morgan fingerprint density at radius 1 is 1.03 bits per heavy atom. The second kappa shape index (κ2) is 9.75. The maximum absolute atomic E-state index is 12.6. The van der Waals surface area contributed by atoms with Gasteiger partial charge in [0.05, 0.1) is 0 Å². The van der Waals surface area contributed by atoms with Crippen LogP contribution in [0.1, 0.15) is 16.7 Å². The molecule has 157 valence electrons. The number of carbonyl (C=O) groups is 2. The molecule has 1 radical (unpaired) electrons. The molecule has 0 unspecified atom stereocenters. The Kier molecular flexibility index (Phi) is 6.85. The number of hydrogen-bond donors (Lipinski definition) is 2. The second-order valence-corrected chi connectivity index (χ2v) is 10.1. The molecule has 2 amide bonds. The molecule has 2 N–H and O–H groups in total. The predicted molar refractivity (Wildman–Crippen MR) is 115 cm³/mol. The number of ether oxygens (including phenoxy) is 1. The number of rotatable bonds is 6. The van der Waals surface area contributed by atoms with Crippen LogP contribution in [-0.4, -0.2) is 74.1 Å². The van der Waals surface area contributed by atoms with Gasteiger partial charge < -0.3 is 5.11 Å². The van der Waals surface area contributed by atoms with Crippen molar-refractivity contribution in [3.05, 3.63) is 59.2 Å². The van der Waals surface area contributed by atoms with Gasteiger partial charge in [0.2, 0.25) is 0 Å². The first-order chi connectivity index (χ1) is 14.6. The average Bonchev–Trinajstić information content (AvgIpc) is 3.19. The monoisotopic (exact) mass is 470 g/mol. The number of aliphatic hydroxyl groups excluding tert-OH is 1. The van der Waals surface area contributed by atoms with Gasteiger partial charge >= 0.3 is 178 Å². The van der Waals surface area contributed by atoms with Crippen molar-refractivity contribution in [3.8, 4) is 0 Å². The van der Waals surface area contributed by atoms with Crippen LogP contribution in [0.15, 0.2) is 42.5 Å². The summed E-state index contributed by atoms with van der Waals surface area (Å²) in [6.07, 6.45) is 0. The predicted octanol–water partition coefficient (Wildman–Crippen LogP) is 0.915. The molecule has 2 aromatic carbocycles. The standard InChI is InChI=1S/C22H25AsN3O4/c27-15-16-1-2-17-12-26(13-18(17)11-16)22(29)24-20-5-3-19(4-6-20)23-21(28)14-25-7-9-30-10-8-25/h1-6,11,27H,7-10,12-15H2,(H,24,29). The zero-order valence-corrected chi connectivity index (χ0v) is 18.6. The van der Waals surface area contributed by atoms with E-state index < -0.39 is 15.8 Å². The maximum atomic E-state index is 12.6. The van der Waals surface area contributed by atoms with Gasteiger partial charge in [-0.15, -0.1) is 0 Å². The van der Waals surface area contributed by atoms with Crippen molar-refractivity contribution < 1.29 is 19.4 Å². The number of anilines is 1. The molecule has 2 aliphatic rings. The SMILES string of the molecule is O=C(CN1CCOCC1)[As]c1ccc(NC(=O)N2Cc3ccc(CO)cc3C2)cc1. The van der Waals surface area contributed by atoms with Gasteiger partial charge in [0.1, 0.15) is 0 Å². The minimum atomic E-state index is -0.546. The fourth-order valence-electron chi connectivity index (χ4n) is 3.64. The zero-order chi connectivity index (χ0) is 20.9. The molecule has 2 aliphatic heterocycles. The van der Waals surface area contributed by atoms with Crippen LogP contribution >= 0.6 is 0 Å². The van der Waals surface area contributed by atoms with Crippen LogP contribution < -0.4 is 9.67 Å². The Morgan fingerprint density at radius 2 is 1.77 bits per heavy atom. The Balaban J connectivity index is 1.28. The van der Waals surface area contributed by atoms with Crippen LogP contribution in [0, 0.1) is 0 Å². The molecule has 1 saturated heterocycles. The molecule has 1 fully saturated rings. The van der Waals surface area contributed by atoms with Gasteiger partial charge in [-0.3, -0.25) is 0 Å². The van der Waals surface area contributed by atoms with Gasteiger partial charge in [0, 0.05) is 0 Å². The number of morpholine rings is 1. The van der Waals surface area contributed by atoms with E-state index in [2.05, 4.69) is 10.2 Å². The minimum absolute atomic E-state index is 0.00299. The van der Waals surface area contributed by atoms with Gasteiger partial charge in [0.15, 0.2) is 0 Å². The van der Waals surface area contributed by atoms with Crippen molar-refractivity contribution in [2.75, 3.05) is 38.2 Å². The van der Waals surface area contributed by atoms with E-state index in [9.17, 15) is 14.7 Å². The summed E-state index contributed by atoms with van der Waals surface area (Å²) in [7, 11) is 0. The summed E-state index contributed by atoms with van der Waals surface area (Å²) < 4.78 is 6.63. The first-order valence-electron chi connectivity index (χ1n) is 10.0. The molecule has 2 aromatic rings. The van der Waals surface area contributed by atoms with Gasteiger partial charge in [-0.1, -0.05) is 0 Å². The number of amides is 2. The number of hydrogen-bond acceptors (Lipinski definition) is 5. The first kappa shape index (κ1) is 21.1. The van der Waals surface area contributed by atoms with Gasteiger partial charge in [-0.25, -0.2) is 0 Å². The van der Waals surface area contributed by atoms with Crippen molar-refractivity contribution in [3.63, 3.8) is 0 Å². The molecule has 2 heterocycles. The van der Waals surface area contributed by atoms with Gasteiger partial charge in [0.25, 0.3) is 0 Å². The van der Waals surface area contributed by atoms with Crippen molar-refractivity contribution in [1.29, 1.82) is 0 Å². The van der Waals surface area contributed by atoms with E-state index >= 15 is 0 Å². The summed E-state index contributed by atoms with van der Waals surface area (Å²) in [5, 5.41) is 12.2. The van der Waals surface area contributed by atoms with Crippen molar-refractivity contribution >= 4 is 36.4 Å². The van der Waals surface area contributed by atoms with Crippen LogP contribution in [0.3, 0.4) is 0 Å². The third-order valence-corrected chi connectivity index (χ3v) is 7.29. The third-order valence-electron chi connectivity index (χ3n) is 5.30. The summed E-state index contributed by atoms with van der Waals surface area (Å²) in [5.74, 6) is 0. The summed E-state index contributed by atoms with van der Waals surface area (Å²) in [5.41, 5.74) is 3.77. The van der Waals surface area contributed by atoms with Gasteiger partial charge in [-0.05, 0) is 0 Å². The number of benzene rings is 2. The Hall–Kier alpha value is -2.18. The number of carbonyl (C=O) groups excluding carboxylic acids is 2. The summed E-state index contributed by atoms with van der Waals surface area (Å²) >= 11 is -0.546. The van der Waals surface area contributed by atoms with Crippen molar-refractivity contribution in [1.82, 2.24) is 9.80 Å². The molecule has 4 rings (SSSR count). The molecular formula is C22H25AsN3O4. The molecule has 0 atom stereocenters. The Labute approximate surface area is 182 Å². The molecule has 0 saturated carbocycles.